The predicted octanol–water partition coefficient (Wildman–Crippen LogP) is 2.59. The Bertz CT molecular complexity index is 184. The van der Waals surface area contributed by atoms with Crippen LogP contribution in [0.5, 0.6) is 0 Å². The molecule has 0 aromatic rings. The van der Waals surface area contributed by atoms with E-state index in [9.17, 15) is 0 Å². The average Bonchev–Trinajstić information content (AvgIpc) is 2.49. The molecule has 0 aromatic carbocycles. The van der Waals surface area contributed by atoms with E-state index in [1.54, 1.807) is 38.5 Å². The lowest BCUT2D eigenvalue weighted by Crippen LogP contribution is -2.56. The Balaban J connectivity index is 1.84. The molecule has 0 amide bonds. The van der Waals surface area contributed by atoms with Crippen LogP contribution in [0.4, 0.5) is 0 Å². The van der Waals surface area contributed by atoms with Gasteiger partial charge in [0.25, 0.3) is 0 Å². The molecule has 4 fully saturated rings. The molecule has 4 rings (SSSR count). The zero-order valence-electron chi connectivity index (χ0n) is 6.40. The van der Waals surface area contributed by atoms with Gasteiger partial charge in [0.05, 0.1) is 0 Å². The van der Waals surface area contributed by atoms with Crippen molar-refractivity contribution in [2.45, 2.75) is 38.5 Å². The van der Waals surface area contributed by atoms with E-state index in [0.717, 1.165) is 10.8 Å². The van der Waals surface area contributed by atoms with Crippen LogP contribution in [0.1, 0.15) is 38.5 Å². The van der Waals surface area contributed by atoms with E-state index in [-0.39, 0.29) is 0 Å². The maximum absolute atomic E-state index is 1.62. The van der Waals surface area contributed by atoms with E-state index in [2.05, 4.69) is 0 Å². The minimum Gasteiger partial charge on any atom is -0.0493 e. The van der Waals surface area contributed by atoms with Gasteiger partial charge in [-0.25, -0.2) is 0 Å². The van der Waals surface area contributed by atoms with Crippen molar-refractivity contribution in [3.05, 3.63) is 0 Å². The second kappa shape index (κ2) is 1.00. The van der Waals surface area contributed by atoms with Crippen LogP contribution in [0.2, 0.25) is 0 Å². The summed E-state index contributed by atoms with van der Waals surface area (Å²) in [5.74, 6) is 2.49. The number of fused-ring (bicyclic) bond motifs is 4. The van der Waals surface area contributed by atoms with Crippen molar-refractivity contribution in [2.24, 2.45) is 22.7 Å². The minimum atomic E-state index is 0.996. The fourth-order valence-electron chi connectivity index (χ4n) is 4.47. The van der Waals surface area contributed by atoms with Gasteiger partial charge in [0, 0.05) is 0 Å². The van der Waals surface area contributed by atoms with Gasteiger partial charge in [0.1, 0.15) is 0 Å². The third kappa shape index (κ3) is 0.245. The Kier molecular flexibility index (Phi) is 0.479. The Morgan fingerprint density at radius 2 is 1.10 bits per heavy atom. The maximum atomic E-state index is 1.62. The van der Waals surface area contributed by atoms with E-state index < -0.39 is 0 Å². The molecule has 0 saturated heterocycles. The molecule has 0 heteroatoms. The molecule has 4 aliphatic rings. The molecule has 0 radical (unpaired) electrons. The highest BCUT2D eigenvalue weighted by molar-refractivity contribution is 5.31. The first kappa shape index (κ1) is 4.79. The van der Waals surface area contributed by atoms with Crippen molar-refractivity contribution in [1.29, 1.82) is 0 Å². The summed E-state index contributed by atoms with van der Waals surface area (Å²) in [6.07, 6.45) is 9.68. The molecule has 0 aliphatic heterocycles. The largest absolute Gasteiger partial charge is 0.0493 e. The van der Waals surface area contributed by atoms with Crippen molar-refractivity contribution in [3.8, 4) is 0 Å². The number of hydrogen-bond acceptors (Lipinski definition) is 0. The number of rotatable bonds is 0. The molecule has 0 bridgehead atoms. The Morgan fingerprint density at radius 3 is 1.30 bits per heavy atom. The standard InChI is InChI=1S/C10H14/c1-2-8-7(1)9(3-4-9)10(8)5-6-10/h7-8H,1-6H2. The number of hydrogen-bond donors (Lipinski definition) is 0. The van der Waals surface area contributed by atoms with E-state index >= 15 is 0 Å². The monoisotopic (exact) mass is 134 g/mol. The quantitative estimate of drug-likeness (QED) is 0.477. The molecule has 0 N–H and O–H groups in total. The van der Waals surface area contributed by atoms with Crippen LogP contribution in [-0.2, 0) is 0 Å². The first-order valence-corrected chi connectivity index (χ1v) is 4.89. The van der Waals surface area contributed by atoms with Gasteiger partial charge >= 0.3 is 0 Å². The fourth-order valence-corrected chi connectivity index (χ4v) is 4.47. The van der Waals surface area contributed by atoms with Crippen LogP contribution in [0.3, 0.4) is 0 Å². The van der Waals surface area contributed by atoms with E-state index in [4.69, 9.17) is 0 Å². The summed E-state index contributed by atoms with van der Waals surface area (Å²) in [6, 6.07) is 0. The molecule has 2 spiro atoms. The van der Waals surface area contributed by atoms with Gasteiger partial charge in [0.2, 0.25) is 0 Å². The summed E-state index contributed by atoms with van der Waals surface area (Å²) in [5.41, 5.74) is 1.99. The molecule has 4 saturated carbocycles. The minimum absolute atomic E-state index is 0.996. The SMILES string of the molecule is C1CC2C1C1(CC1)C21CC1. The van der Waals surface area contributed by atoms with Gasteiger partial charge in [-0.15, -0.1) is 0 Å². The molecule has 10 heavy (non-hydrogen) atoms. The molecule has 2 atom stereocenters. The topological polar surface area (TPSA) is 0 Å². The van der Waals surface area contributed by atoms with Gasteiger partial charge in [0.15, 0.2) is 0 Å². The van der Waals surface area contributed by atoms with E-state index in [1.165, 1.54) is 11.8 Å². The molecular formula is C10H14. The summed E-state index contributed by atoms with van der Waals surface area (Å²) >= 11 is 0. The molecule has 54 valence electrons. The van der Waals surface area contributed by atoms with Crippen LogP contribution in [0, 0.1) is 22.7 Å². The lowest BCUT2D eigenvalue weighted by molar-refractivity contribution is -0.143. The van der Waals surface area contributed by atoms with Crippen LogP contribution in [0.15, 0.2) is 0 Å². The highest BCUT2D eigenvalue weighted by Gasteiger charge is 2.82. The third-order valence-electron chi connectivity index (χ3n) is 5.26. The second-order valence-corrected chi connectivity index (χ2v) is 5.10. The smallest absolute Gasteiger partial charge is 0.0207 e. The summed E-state index contributed by atoms with van der Waals surface area (Å²) in [5, 5.41) is 0. The maximum Gasteiger partial charge on any atom is -0.0207 e. The zero-order valence-corrected chi connectivity index (χ0v) is 6.40. The molecule has 4 aliphatic carbocycles. The Labute approximate surface area is 62.0 Å². The Hall–Kier alpha value is 0. The molecule has 0 heterocycles. The fraction of sp³-hybridized carbons (Fsp3) is 1.00. The van der Waals surface area contributed by atoms with Crippen molar-refractivity contribution in [3.63, 3.8) is 0 Å². The normalized spacial score (nSPS) is 55.2. The van der Waals surface area contributed by atoms with Crippen molar-refractivity contribution in [1.82, 2.24) is 0 Å². The molecule has 0 aromatic heterocycles. The summed E-state index contributed by atoms with van der Waals surface area (Å²) in [6.45, 7) is 0. The van der Waals surface area contributed by atoms with Crippen molar-refractivity contribution < 1.29 is 0 Å². The van der Waals surface area contributed by atoms with E-state index in [0.29, 0.717) is 0 Å². The predicted molar refractivity (Wildman–Crippen MR) is 39.5 cm³/mol. The van der Waals surface area contributed by atoms with Gasteiger partial charge in [-0.1, -0.05) is 0 Å². The van der Waals surface area contributed by atoms with Gasteiger partial charge < -0.3 is 0 Å². The van der Waals surface area contributed by atoms with E-state index in [1.807, 2.05) is 0 Å². The van der Waals surface area contributed by atoms with Gasteiger partial charge in [-0.2, -0.15) is 0 Å². The molecular weight excluding hydrogens is 120 g/mol. The lowest BCUT2D eigenvalue weighted by atomic mass is 9.42. The average molecular weight is 134 g/mol. The third-order valence-corrected chi connectivity index (χ3v) is 5.26. The first-order chi connectivity index (χ1) is 4.89. The summed E-state index contributed by atoms with van der Waals surface area (Å²) in [4.78, 5) is 0. The van der Waals surface area contributed by atoms with Gasteiger partial charge in [-0.05, 0) is 61.2 Å². The lowest BCUT2D eigenvalue weighted by Gasteiger charge is -2.62. The van der Waals surface area contributed by atoms with Crippen molar-refractivity contribution >= 4 is 0 Å². The highest BCUT2D eigenvalue weighted by Crippen LogP contribution is 2.90. The second-order valence-electron chi connectivity index (χ2n) is 5.10. The van der Waals surface area contributed by atoms with Crippen LogP contribution in [0.25, 0.3) is 0 Å². The highest BCUT2D eigenvalue weighted by atomic mass is 14.9. The van der Waals surface area contributed by atoms with Gasteiger partial charge in [-0.3, -0.25) is 0 Å². The van der Waals surface area contributed by atoms with Crippen LogP contribution in [-0.4, -0.2) is 0 Å². The first-order valence-electron chi connectivity index (χ1n) is 4.89. The van der Waals surface area contributed by atoms with Crippen LogP contribution < -0.4 is 0 Å². The Morgan fingerprint density at radius 1 is 0.700 bits per heavy atom. The molecule has 2 unspecified atom stereocenters. The molecule has 0 nitrogen and oxygen atoms in total. The summed E-state index contributed by atoms with van der Waals surface area (Å²) in [7, 11) is 0. The summed E-state index contributed by atoms with van der Waals surface area (Å²) < 4.78 is 0. The zero-order chi connectivity index (χ0) is 6.40. The van der Waals surface area contributed by atoms with Crippen LogP contribution >= 0.6 is 0 Å². The van der Waals surface area contributed by atoms with Crippen molar-refractivity contribution in [2.75, 3.05) is 0 Å².